The Balaban J connectivity index is 1.64. The Hall–Kier alpha value is -3.82. The fraction of sp³-hybridized carbons (Fsp3) is 0.267. The minimum Gasteiger partial charge on any atom is -0.854 e. The van der Waals surface area contributed by atoms with E-state index in [1.54, 1.807) is 27.8 Å². The summed E-state index contributed by atoms with van der Waals surface area (Å²) in [6, 6.07) is 20.5. The number of nitrogens with zero attached hydrogens (tertiary/aromatic N) is 4. The van der Waals surface area contributed by atoms with E-state index in [4.69, 9.17) is 26.2 Å². The van der Waals surface area contributed by atoms with Gasteiger partial charge in [-0.25, -0.2) is 9.88 Å². The van der Waals surface area contributed by atoms with E-state index >= 15 is 0 Å². The van der Waals surface area contributed by atoms with E-state index in [1.807, 2.05) is 48.5 Å². The summed E-state index contributed by atoms with van der Waals surface area (Å²) in [6.45, 7) is 3.89. The van der Waals surface area contributed by atoms with Crippen LogP contribution in [-0.4, -0.2) is 28.9 Å². The monoisotopic (exact) mass is 576 g/mol. The number of carbonyl (C=O) groups is 1. The zero-order valence-electron chi connectivity index (χ0n) is 22.5. The Bertz CT molecular complexity index is 1540. The van der Waals surface area contributed by atoms with E-state index in [0.717, 1.165) is 24.2 Å². The van der Waals surface area contributed by atoms with Crippen molar-refractivity contribution in [1.29, 1.82) is 0 Å². The van der Waals surface area contributed by atoms with Gasteiger partial charge in [0, 0.05) is 17.8 Å². The fourth-order valence-corrected chi connectivity index (χ4v) is 5.89. The summed E-state index contributed by atoms with van der Waals surface area (Å²) in [6.07, 6.45) is 1.17. The summed E-state index contributed by atoms with van der Waals surface area (Å²) in [7, 11) is 1.53. The average Bonchev–Trinajstić information content (AvgIpc) is 2.95. The number of anilines is 1. The van der Waals surface area contributed by atoms with E-state index in [9.17, 15) is 9.90 Å². The molecule has 1 atom stereocenters. The fourth-order valence-electron chi connectivity index (χ4n) is 4.70. The van der Waals surface area contributed by atoms with E-state index in [1.165, 1.54) is 25.8 Å². The van der Waals surface area contributed by atoms with E-state index in [2.05, 4.69) is 11.9 Å². The molecule has 0 bridgehead atoms. The summed E-state index contributed by atoms with van der Waals surface area (Å²) in [5.74, 6) is 0.935. The molecule has 0 radical (unpaired) electrons. The van der Waals surface area contributed by atoms with Crippen LogP contribution < -0.4 is 24.2 Å². The third-order valence-electron chi connectivity index (χ3n) is 6.56. The molecule has 0 saturated carbocycles. The lowest BCUT2D eigenvalue weighted by atomic mass is 10.0. The standard InChI is InChI=1S/C30H29ClN4O4S/c1-4-5-15-40-30-32-28(37)26-22-13-9-10-14-24(22)34(19(2)36)29(35(26)33-30)21-16-23(31)27(25(17-21)38-3)39-18-20-11-7-6-8-12-20/h6-14,16-17,29H,4-5,15,18H2,1-3H3. The Labute approximate surface area is 242 Å². The second kappa shape index (κ2) is 12.1. The maximum absolute atomic E-state index is 13.4. The molecule has 1 aliphatic rings. The molecule has 0 aliphatic carbocycles. The number of halogens is 1. The van der Waals surface area contributed by atoms with Crippen LogP contribution in [-0.2, 0) is 11.4 Å². The first-order valence-corrected chi connectivity index (χ1v) is 14.4. The van der Waals surface area contributed by atoms with Crippen molar-refractivity contribution in [3.63, 3.8) is 0 Å². The lowest BCUT2D eigenvalue weighted by Crippen LogP contribution is -2.58. The van der Waals surface area contributed by atoms with Crippen LogP contribution in [0.4, 0.5) is 5.69 Å². The average molecular weight is 577 g/mol. The highest BCUT2D eigenvalue weighted by molar-refractivity contribution is 7.99. The molecular weight excluding hydrogens is 548 g/mol. The Morgan fingerprint density at radius 2 is 1.90 bits per heavy atom. The Morgan fingerprint density at radius 3 is 2.62 bits per heavy atom. The molecule has 10 heteroatoms. The van der Waals surface area contributed by atoms with Gasteiger partial charge in [0.1, 0.15) is 6.61 Å². The molecule has 1 unspecified atom stereocenters. The van der Waals surface area contributed by atoms with Crippen LogP contribution >= 0.6 is 23.4 Å². The van der Waals surface area contributed by atoms with Crippen molar-refractivity contribution in [2.75, 3.05) is 17.8 Å². The maximum Gasteiger partial charge on any atom is 0.293 e. The first kappa shape index (κ1) is 27.7. The van der Waals surface area contributed by atoms with Crippen LogP contribution in [0.1, 0.15) is 44.0 Å². The molecule has 4 aromatic rings. The number of rotatable bonds is 9. The number of amides is 1. The van der Waals surface area contributed by atoms with Crippen LogP contribution in [0.15, 0.2) is 71.9 Å². The minimum absolute atomic E-state index is 0.221. The second-order valence-corrected chi connectivity index (χ2v) is 10.8. The highest BCUT2D eigenvalue weighted by atomic mass is 35.5. The van der Waals surface area contributed by atoms with Crippen molar-refractivity contribution in [2.45, 2.75) is 44.6 Å². The topological polar surface area (TPSA) is 91.5 Å². The van der Waals surface area contributed by atoms with Crippen LogP contribution in [0.2, 0.25) is 5.02 Å². The number of aromatic nitrogens is 3. The number of para-hydroxylation sites is 1. The molecule has 206 valence electrons. The summed E-state index contributed by atoms with van der Waals surface area (Å²) in [4.78, 5) is 19.1. The molecule has 40 heavy (non-hydrogen) atoms. The quantitative estimate of drug-likeness (QED) is 0.146. The van der Waals surface area contributed by atoms with Gasteiger partial charge in [0.25, 0.3) is 17.0 Å². The lowest BCUT2D eigenvalue weighted by molar-refractivity contribution is -0.764. The highest BCUT2D eigenvalue weighted by Gasteiger charge is 2.44. The highest BCUT2D eigenvalue weighted by Crippen LogP contribution is 2.44. The van der Waals surface area contributed by atoms with Gasteiger partial charge in [-0.3, -0.25) is 4.79 Å². The number of carbonyl (C=O) groups excluding carboxylic acids is 1. The number of thioether (sulfide) groups is 1. The molecule has 1 aromatic heterocycles. The van der Waals surface area contributed by atoms with Gasteiger partial charge in [-0.1, -0.05) is 83.9 Å². The Morgan fingerprint density at radius 1 is 1.15 bits per heavy atom. The van der Waals surface area contributed by atoms with Crippen molar-refractivity contribution in [2.24, 2.45) is 0 Å². The molecule has 1 aliphatic heterocycles. The molecule has 8 nitrogen and oxygen atoms in total. The van der Waals surface area contributed by atoms with Crippen molar-refractivity contribution in [1.82, 2.24) is 10.1 Å². The molecule has 1 amide bonds. The maximum atomic E-state index is 13.4. The summed E-state index contributed by atoms with van der Waals surface area (Å²) >= 11 is 8.20. The van der Waals surface area contributed by atoms with Crippen LogP contribution in [0.25, 0.3) is 11.3 Å². The van der Waals surface area contributed by atoms with E-state index in [-0.39, 0.29) is 5.91 Å². The van der Waals surface area contributed by atoms with E-state index < -0.39 is 12.0 Å². The molecule has 0 spiro atoms. The van der Waals surface area contributed by atoms with Gasteiger partial charge in [0.15, 0.2) is 11.5 Å². The SMILES string of the molecule is CCCCSc1nc([O-])c2[n+](n1)C(c1cc(Cl)c(OCc3ccccc3)c(OC)c1)N(C(C)=O)c1ccccc1-2. The molecule has 0 saturated heterocycles. The first-order valence-electron chi connectivity index (χ1n) is 13.0. The zero-order valence-corrected chi connectivity index (χ0v) is 24.0. The number of benzene rings is 3. The van der Waals surface area contributed by atoms with Gasteiger partial charge in [0.05, 0.1) is 34.8 Å². The second-order valence-electron chi connectivity index (χ2n) is 9.28. The number of ether oxygens (including phenoxy) is 2. The smallest absolute Gasteiger partial charge is 0.293 e. The first-order chi connectivity index (χ1) is 19.4. The van der Waals surface area contributed by atoms with Crippen LogP contribution in [0.5, 0.6) is 17.4 Å². The number of methoxy groups -OCH3 is 1. The van der Waals surface area contributed by atoms with Gasteiger partial charge in [-0.05, 0) is 36.2 Å². The molecule has 0 fully saturated rings. The largest absolute Gasteiger partial charge is 0.854 e. The van der Waals surface area contributed by atoms with Crippen molar-refractivity contribution < 1.29 is 24.1 Å². The number of fused-ring (bicyclic) bond motifs is 3. The minimum atomic E-state index is -0.807. The van der Waals surface area contributed by atoms with Gasteiger partial charge in [-0.15, -0.1) is 0 Å². The molecule has 0 N–H and O–H groups in total. The summed E-state index contributed by atoms with van der Waals surface area (Å²) < 4.78 is 13.3. The molecular formula is C30H29ClN4O4S. The van der Waals surface area contributed by atoms with Crippen molar-refractivity contribution in [3.8, 4) is 28.6 Å². The third kappa shape index (κ3) is 5.44. The van der Waals surface area contributed by atoms with Crippen LogP contribution in [0, 0.1) is 0 Å². The van der Waals surface area contributed by atoms with Gasteiger partial charge in [0.2, 0.25) is 5.91 Å². The number of hydrogen-bond acceptors (Lipinski definition) is 7. The molecule has 2 heterocycles. The van der Waals surface area contributed by atoms with Crippen LogP contribution in [0.3, 0.4) is 0 Å². The number of hydrogen-bond donors (Lipinski definition) is 0. The zero-order chi connectivity index (χ0) is 28.2. The summed E-state index contributed by atoms with van der Waals surface area (Å²) in [5.41, 5.74) is 3.06. The van der Waals surface area contributed by atoms with Crippen molar-refractivity contribution in [3.05, 3.63) is 82.9 Å². The predicted octanol–water partition coefficient (Wildman–Crippen LogP) is 5.55. The number of unbranched alkanes of at least 4 members (excludes halogenated alkanes) is 1. The predicted molar refractivity (Wildman–Crippen MR) is 153 cm³/mol. The molecule has 3 aromatic carbocycles. The third-order valence-corrected chi connectivity index (χ3v) is 7.77. The van der Waals surface area contributed by atoms with E-state index in [0.29, 0.717) is 50.8 Å². The molecule has 5 rings (SSSR count). The van der Waals surface area contributed by atoms with Crippen molar-refractivity contribution >= 4 is 35.0 Å². The Kier molecular flexibility index (Phi) is 8.42. The lowest BCUT2D eigenvalue weighted by Gasteiger charge is -2.33. The summed E-state index contributed by atoms with van der Waals surface area (Å²) in [5, 5.41) is 18.9. The normalized spacial score (nSPS) is 13.9. The van der Waals surface area contributed by atoms with Gasteiger partial charge >= 0.3 is 0 Å². The van der Waals surface area contributed by atoms with Gasteiger partial charge < -0.3 is 14.6 Å². The van der Waals surface area contributed by atoms with Gasteiger partial charge in [-0.2, -0.15) is 0 Å².